The lowest BCUT2D eigenvalue weighted by Gasteiger charge is -2.30. The van der Waals surface area contributed by atoms with E-state index in [0.29, 0.717) is 44.3 Å². The van der Waals surface area contributed by atoms with Crippen LogP contribution in [0, 0.1) is 11.7 Å². The van der Waals surface area contributed by atoms with E-state index in [1.54, 1.807) is 12.1 Å². The van der Waals surface area contributed by atoms with Gasteiger partial charge in [-0.15, -0.1) is 0 Å². The van der Waals surface area contributed by atoms with Crippen molar-refractivity contribution < 1.29 is 14.2 Å². The summed E-state index contributed by atoms with van der Waals surface area (Å²) in [5.74, 6) is 0.356. The molecule has 3 heterocycles. The molecule has 0 bridgehead atoms. The Bertz CT molecular complexity index is 1790. The second kappa shape index (κ2) is 12.3. The normalized spacial score (nSPS) is 21.1. The van der Waals surface area contributed by atoms with Gasteiger partial charge in [0, 0.05) is 31.7 Å². The van der Waals surface area contributed by atoms with Gasteiger partial charge < -0.3 is 15.2 Å². The van der Waals surface area contributed by atoms with Gasteiger partial charge in [0.15, 0.2) is 5.65 Å². The molecule has 2 aromatic carbocycles. The van der Waals surface area contributed by atoms with Gasteiger partial charge in [0.25, 0.3) is 5.56 Å². The van der Waals surface area contributed by atoms with Gasteiger partial charge in [0.2, 0.25) is 0 Å². The van der Waals surface area contributed by atoms with Crippen LogP contribution in [0.15, 0.2) is 64.3 Å². The number of benzene rings is 2. The number of nitrogens with one attached hydrogen (secondary N) is 1. The highest BCUT2D eigenvalue weighted by molar-refractivity contribution is 5.77. The molecule has 0 atom stereocenters. The minimum absolute atomic E-state index is 0.0848. The van der Waals surface area contributed by atoms with Gasteiger partial charge in [-0.25, -0.2) is 18.7 Å². The molecule has 0 unspecified atom stereocenters. The number of aromatic hydroxyl groups is 1. The van der Waals surface area contributed by atoms with Gasteiger partial charge in [0.05, 0.1) is 30.5 Å². The maximum absolute atomic E-state index is 14.4. The zero-order valence-electron chi connectivity index (χ0n) is 24.8. The van der Waals surface area contributed by atoms with E-state index < -0.39 is 17.1 Å². The van der Waals surface area contributed by atoms with Gasteiger partial charge in [-0.2, -0.15) is 0 Å². The molecule has 2 N–H and O–H groups in total. The molecule has 0 amide bonds. The summed E-state index contributed by atoms with van der Waals surface area (Å²) in [5.41, 5.74) is 2.45. The molecule has 1 saturated heterocycles. The molecule has 2 aliphatic carbocycles. The molecular formula is C34H38FN5O4. The van der Waals surface area contributed by atoms with Crippen LogP contribution < -0.4 is 16.6 Å². The molecule has 230 valence electrons. The number of fused-ring (bicyclic) bond motifs is 1. The first kappa shape index (κ1) is 28.9. The number of pyridine rings is 1. The monoisotopic (exact) mass is 599 g/mol. The second-order valence-corrected chi connectivity index (χ2v) is 12.5. The van der Waals surface area contributed by atoms with E-state index in [0.717, 1.165) is 61.3 Å². The molecule has 3 aliphatic rings. The third kappa shape index (κ3) is 5.94. The molecule has 10 heteroatoms. The van der Waals surface area contributed by atoms with Crippen LogP contribution in [0.5, 0.6) is 5.75 Å². The molecule has 2 saturated carbocycles. The van der Waals surface area contributed by atoms with E-state index in [1.165, 1.54) is 28.0 Å². The largest absolute Gasteiger partial charge is 0.508 e. The average Bonchev–Trinajstić information content (AvgIpc) is 3.87. The lowest BCUT2D eigenvalue weighted by atomic mass is 9.91. The number of hydrogen-bond donors (Lipinski definition) is 2. The molecule has 7 rings (SSSR count). The van der Waals surface area contributed by atoms with Gasteiger partial charge in [-0.05, 0) is 98.0 Å². The van der Waals surface area contributed by atoms with Crippen molar-refractivity contribution in [3.63, 3.8) is 0 Å². The Hall–Kier alpha value is -3.86. The Kier molecular flexibility index (Phi) is 8.05. The highest BCUT2D eigenvalue weighted by Crippen LogP contribution is 2.32. The average molecular weight is 600 g/mol. The number of phenolic OH excluding ortho intramolecular Hbond substituents is 1. The first-order valence-corrected chi connectivity index (χ1v) is 15.7. The highest BCUT2D eigenvalue weighted by Gasteiger charge is 2.29. The summed E-state index contributed by atoms with van der Waals surface area (Å²) in [7, 11) is 0. The van der Waals surface area contributed by atoms with Crippen molar-refractivity contribution in [3.05, 3.63) is 86.9 Å². The summed E-state index contributed by atoms with van der Waals surface area (Å²) in [6.07, 6.45) is 6.79. The van der Waals surface area contributed by atoms with Crippen molar-refractivity contribution in [2.75, 3.05) is 32.8 Å². The van der Waals surface area contributed by atoms with Crippen LogP contribution in [0.2, 0.25) is 0 Å². The summed E-state index contributed by atoms with van der Waals surface area (Å²) >= 11 is 0. The molecule has 2 aromatic heterocycles. The second-order valence-electron chi connectivity index (χ2n) is 12.5. The summed E-state index contributed by atoms with van der Waals surface area (Å²) in [5, 5.41) is 14.1. The molecule has 1 aliphatic heterocycles. The zero-order chi connectivity index (χ0) is 30.2. The van der Waals surface area contributed by atoms with Crippen molar-refractivity contribution in [3.8, 4) is 22.6 Å². The standard InChI is InChI=1S/C34H38FN5O4/c35-25-18-31-32(37-20-25)39(34(43)40(33(31)42)27-8-6-26(7-9-27)36-19-22-4-5-22)28-3-1-2-23(16-28)30-11-10-29(41)17-24(30)21-38-12-14-44-15-13-38/h1-3,10-11,16-18,20,22,26-27,36,41H,4-9,12-15,19,21H2. The Labute approximate surface area is 254 Å². The maximum Gasteiger partial charge on any atom is 0.337 e. The lowest BCUT2D eigenvalue weighted by Crippen LogP contribution is -2.44. The smallest absolute Gasteiger partial charge is 0.337 e. The molecule has 44 heavy (non-hydrogen) atoms. The number of ether oxygens (including phenoxy) is 1. The molecule has 0 spiro atoms. The predicted molar refractivity (Wildman–Crippen MR) is 167 cm³/mol. The third-order valence-electron chi connectivity index (χ3n) is 9.35. The minimum Gasteiger partial charge on any atom is -0.508 e. The van der Waals surface area contributed by atoms with Gasteiger partial charge in [-0.3, -0.25) is 14.3 Å². The van der Waals surface area contributed by atoms with E-state index in [2.05, 4.69) is 15.2 Å². The number of halogens is 1. The van der Waals surface area contributed by atoms with Crippen molar-refractivity contribution >= 4 is 11.0 Å². The van der Waals surface area contributed by atoms with Gasteiger partial charge >= 0.3 is 5.69 Å². The topological polar surface area (TPSA) is 102 Å². The van der Waals surface area contributed by atoms with Crippen molar-refractivity contribution in [2.24, 2.45) is 5.92 Å². The Morgan fingerprint density at radius 2 is 1.77 bits per heavy atom. The van der Waals surface area contributed by atoms with E-state index in [4.69, 9.17) is 4.74 Å². The summed E-state index contributed by atoms with van der Waals surface area (Å²) in [4.78, 5) is 34.5. The number of rotatable bonds is 8. The number of phenols is 1. The molecule has 3 fully saturated rings. The lowest BCUT2D eigenvalue weighted by molar-refractivity contribution is 0.0342. The van der Waals surface area contributed by atoms with Crippen LogP contribution in [0.1, 0.15) is 50.1 Å². The van der Waals surface area contributed by atoms with Crippen LogP contribution in [0.4, 0.5) is 4.39 Å². The van der Waals surface area contributed by atoms with Crippen LogP contribution >= 0.6 is 0 Å². The van der Waals surface area contributed by atoms with E-state index >= 15 is 0 Å². The molecular weight excluding hydrogens is 561 g/mol. The van der Waals surface area contributed by atoms with E-state index in [-0.39, 0.29) is 22.8 Å². The van der Waals surface area contributed by atoms with Crippen LogP contribution in [0.3, 0.4) is 0 Å². The fourth-order valence-electron chi connectivity index (χ4n) is 6.74. The highest BCUT2D eigenvalue weighted by atomic mass is 19.1. The zero-order valence-corrected chi connectivity index (χ0v) is 24.8. The van der Waals surface area contributed by atoms with E-state index in [9.17, 15) is 19.1 Å². The predicted octanol–water partition coefficient (Wildman–Crippen LogP) is 4.37. The van der Waals surface area contributed by atoms with Crippen molar-refractivity contribution in [1.82, 2.24) is 24.3 Å². The molecule has 0 radical (unpaired) electrons. The Morgan fingerprint density at radius 3 is 2.55 bits per heavy atom. The van der Waals surface area contributed by atoms with Crippen LogP contribution in [0.25, 0.3) is 27.8 Å². The fraction of sp³-hybridized carbons (Fsp3) is 0.441. The SMILES string of the molecule is O=c1c2cc(F)cnc2n(-c2cccc(-c3ccc(O)cc3CN3CCOCC3)c2)c(=O)n1C1CCC(NCC2CC2)CC1. The summed E-state index contributed by atoms with van der Waals surface area (Å²) < 4.78 is 22.7. The van der Waals surface area contributed by atoms with Crippen molar-refractivity contribution in [2.45, 2.75) is 57.2 Å². The first-order chi connectivity index (χ1) is 21.4. The van der Waals surface area contributed by atoms with Crippen molar-refractivity contribution in [1.29, 1.82) is 0 Å². The number of hydrogen-bond acceptors (Lipinski definition) is 7. The number of aromatic nitrogens is 3. The van der Waals surface area contributed by atoms with Crippen LogP contribution in [-0.4, -0.2) is 63.0 Å². The van der Waals surface area contributed by atoms with Crippen LogP contribution in [-0.2, 0) is 11.3 Å². The third-order valence-corrected chi connectivity index (χ3v) is 9.35. The van der Waals surface area contributed by atoms with Gasteiger partial charge in [-0.1, -0.05) is 18.2 Å². The Balaban J connectivity index is 1.27. The summed E-state index contributed by atoms with van der Waals surface area (Å²) in [6, 6.07) is 14.2. The molecule has 9 nitrogen and oxygen atoms in total. The molecule has 4 aromatic rings. The maximum atomic E-state index is 14.4. The first-order valence-electron chi connectivity index (χ1n) is 15.7. The number of nitrogens with zero attached hydrogens (tertiary/aromatic N) is 4. The van der Waals surface area contributed by atoms with E-state index in [1.807, 2.05) is 30.3 Å². The Morgan fingerprint density at radius 1 is 0.977 bits per heavy atom. The fourth-order valence-corrected chi connectivity index (χ4v) is 6.74. The number of morpholine rings is 1. The van der Waals surface area contributed by atoms with Gasteiger partial charge in [0.1, 0.15) is 11.6 Å². The quantitative estimate of drug-likeness (QED) is 0.310. The minimum atomic E-state index is -0.620. The summed E-state index contributed by atoms with van der Waals surface area (Å²) in [6.45, 7) is 4.62.